The highest BCUT2D eigenvalue weighted by Gasteiger charge is 2.72. The van der Waals surface area contributed by atoms with E-state index >= 15 is 0 Å². The normalized spacial score (nSPS) is 35.7. The maximum atomic E-state index is 14.1. The zero-order valence-electron chi connectivity index (χ0n) is 21.6. The Morgan fingerprint density at radius 1 is 1.18 bits per heavy atom. The van der Waals surface area contributed by atoms with Crippen LogP contribution in [0.25, 0.3) is 5.76 Å². The van der Waals surface area contributed by atoms with Crippen LogP contribution in [0.4, 0.5) is 0 Å². The van der Waals surface area contributed by atoms with Crippen LogP contribution in [0.15, 0.2) is 35.6 Å². The van der Waals surface area contributed by atoms with Gasteiger partial charge in [-0.05, 0) is 38.2 Å². The Bertz CT molecular complexity index is 1270. The molecule has 1 aromatic rings. The number of aromatic hydroxyl groups is 1. The van der Waals surface area contributed by atoms with E-state index in [-0.39, 0.29) is 16.9 Å². The first-order valence-electron chi connectivity index (χ1n) is 13.0. The molecule has 10 nitrogen and oxygen atoms in total. The third-order valence-corrected chi connectivity index (χ3v) is 8.73. The van der Waals surface area contributed by atoms with Crippen molar-refractivity contribution in [2.45, 2.75) is 62.4 Å². The molecule has 1 aromatic carbocycles. The number of ether oxygens (including phenoxy) is 1. The largest absolute Gasteiger partial charge is 0.507 e. The van der Waals surface area contributed by atoms with Crippen molar-refractivity contribution in [2.75, 3.05) is 14.1 Å². The summed E-state index contributed by atoms with van der Waals surface area (Å²) in [6, 6.07) is 3.75. The number of likely N-dealkylation sites (N-methyl/N-ethyl adjacent to an activating group) is 1. The number of hydrogen-bond acceptors (Lipinski definition) is 9. The monoisotopic (exact) mass is 526 g/mol. The minimum absolute atomic E-state index is 0.0582. The van der Waals surface area contributed by atoms with Crippen LogP contribution in [0.5, 0.6) is 5.75 Å². The molecule has 1 heterocycles. The van der Waals surface area contributed by atoms with E-state index in [4.69, 9.17) is 10.5 Å². The Morgan fingerprint density at radius 3 is 2.53 bits per heavy atom. The molecular weight excluding hydrogens is 492 g/mol. The van der Waals surface area contributed by atoms with Gasteiger partial charge in [0.25, 0.3) is 0 Å². The van der Waals surface area contributed by atoms with E-state index in [0.29, 0.717) is 17.7 Å². The molecule has 204 valence electrons. The van der Waals surface area contributed by atoms with Crippen LogP contribution in [0.2, 0.25) is 0 Å². The van der Waals surface area contributed by atoms with Gasteiger partial charge in [-0.2, -0.15) is 0 Å². The quantitative estimate of drug-likeness (QED) is 0.269. The maximum Gasteiger partial charge on any atom is 0.230 e. The summed E-state index contributed by atoms with van der Waals surface area (Å²) in [4.78, 5) is 41.7. The number of unbranched alkanes of at least 4 members (excludes halogenated alkanes) is 2. The fourth-order valence-corrected chi connectivity index (χ4v) is 7.09. The smallest absolute Gasteiger partial charge is 0.230 e. The maximum absolute atomic E-state index is 14.1. The van der Waals surface area contributed by atoms with Gasteiger partial charge in [0.15, 0.2) is 11.4 Å². The molecule has 0 aromatic heterocycles. The topological polar surface area (TPSA) is 171 Å². The fraction of sp³-hybridized carbons (Fsp3) is 0.536. The number of Topliss-reactive ketones (excluding diaryl/α,β-unsaturated/α-hetero) is 2. The lowest BCUT2D eigenvalue weighted by atomic mass is 9.51. The number of hydrogen-bond donors (Lipinski definition) is 5. The van der Waals surface area contributed by atoms with Gasteiger partial charge in [0.05, 0.1) is 23.3 Å². The predicted molar refractivity (Wildman–Crippen MR) is 136 cm³/mol. The molecule has 1 amide bonds. The minimum atomic E-state index is -2.79. The molecule has 4 aliphatic rings. The van der Waals surface area contributed by atoms with Crippen molar-refractivity contribution in [2.24, 2.45) is 23.5 Å². The van der Waals surface area contributed by atoms with E-state index in [1.54, 1.807) is 31.1 Å². The van der Waals surface area contributed by atoms with E-state index in [0.717, 1.165) is 19.3 Å². The SMILES string of the molecule is CCCCCC1=C[C@H]2c3cccc(O)c3C(O)=C3C(=O)[C@]4(O)C(=O)C(C(N)=O)C(O)[C@@H](N(C)C)[C@@H]4[C@@H](O1)[C@@H]32. The highest BCUT2D eigenvalue weighted by Crippen LogP contribution is 2.59. The van der Waals surface area contributed by atoms with Crippen molar-refractivity contribution in [3.63, 3.8) is 0 Å². The van der Waals surface area contributed by atoms with Crippen LogP contribution in [0, 0.1) is 17.8 Å². The minimum Gasteiger partial charge on any atom is -0.507 e. The number of phenols is 1. The van der Waals surface area contributed by atoms with E-state index in [1.165, 1.54) is 6.07 Å². The average molecular weight is 527 g/mol. The number of rotatable bonds is 6. The van der Waals surface area contributed by atoms with Gasteiger partial charge in [-0.3, -0.25) is 14.4 Å². The molecule has 2 fully saturated rings. The lowest BCUT2D eigenvalue weighted by molar-refractivity contribution is -0.202. The number of nitrogens with zero attached hydrogens (tertiary/aromatic N) is 1. The molecule has 5 rings (SSSR count). The molecular formula is C28H34N2O8. The number of fused-ring (bicyclic) bond motifs is 4. The van der Waals surface area contributed by atoms with Crippen LogP contribution >= 0.6 is 0 Å². The zero-order chi connectivity index (χ0) is 27.7. The summed E-state index contributed by atoms with van der Waals surface area (Å²) >= 11 is 0. The van der Waals surface area contributed by atoms with Gasteiger partial charge < -0.3 is 35.8 Å². The third-order valence-electron chi connectivity index (χ3n) is 8.73. The Balaban J connectivity index is 1.78. The number of phenolic OH excluding ortho intramolecular Hbond substituents is 1. The first kappa shape index (κ1) is 26.4. The van der Waals surface area contributed by atoms with Crippen molar-refractivity contribution in [1.82, 2.24) is 4.90 Å². The Morgan fingerprint density at radius 2 is 1.89 bits per heavy atom. The summed E-state index contributed by atoms with van der Waals surface area (Å²) in [6.07, 6.45) is 2.61. The number of allylic oxidation sites excluding steroid dienone is 2. The molecule has 10 heteroatoms. The summed E-state index contributed by atoms with van der Waals surface area (Å²) in [5.74, 6) is -8.03. The van der Waals surface area contributed by atoms with Gasteiger partial charge in [-0.15, -0.1) is 0 Å². The highest BCUT2D eigenvalue weighted by atomic mass is 16.5. The van der Waals surface area contributed by atoms with Crippen LogP contribution in [-0.2, 0) is 19.1 Å². The van der Waals surface area contributed by atoms with E-state index in [2.05, 4.69) is 6.92 Å². The number of benzene rings is 1. The fourth-order valence-electron chi connectivity index (χ4n) is 7.09. The number of carbonyl (C=O) groups is 3. The number of primary amides is 1. The molecule has 0 radical (unpaired) electrons. The molecule has 2 unspecified atom stereocenters. The summed E-state index contributed by atoms with van der Waals surface area (Å²) in [5, 5.41) is 45.2. The molecule has 2 saturated carbocycles. The van der Waals surface area contributed by atoms with Gasteiger partial charge in [0.2, 0.25) is 11.7 Å². The lowest BCUT2D eigenvalue weighted by Crippen LogP contribution is -2.77. The van der Waals surface area contributed by atoms with Gasteiger partial charge in [0, 0.05) is 29.9 Å². The van der Waals surface area contributed by atoms with Crippen molar-refractivity contribution in [1.29, 1.82) is 0 Å². The first-order valence-corrected chi connectivity index (χ1v) is 13.0. The molecule has 38 heavy (non-hydrogen) atoms. The van der Waals surface area contributed by atoms with E-state index in [9.17, 15) is 34.8 Å². The van der Waals surface area contributed by atoms with E-state index in [1.807, 2.05) is 6.08 Å². The molecule has 3 aliphatic carbocycles. The van der Waals surface area contributed by atoms with Gasteiger partial charge in [-0.1, -0.05) is 31.9 Å². The van der Waals surface area contributed by atoms with Crippen LogP contribution in [0.1, 0.15) is 49.7 Å². The number of aliphatic hydroxyl groups is 3. The zero-order valence-corrected chi connectivity index (χ0v) is 21.6. The Hall–Kier alpha value is -3.21. The number of carbonyl (C=O) groups excluding carboxylic acids is 3. The second-order valence-electron chi connectivity index (χ2n) is 11.0. The highest BCUT2D eigenvalue weighted by molar-refractivity contribution is 6.25. The number of ketones is 2. The Kier molecular flexibility index (Phi) is 6.40. The molecule has 0 saturated heterocycles. The van der Waals surface area contributed by atoms with E-state index < -0.39 is 70.8 Å². The van der Waals surface area contributed by atoms with Gasteiger partial charge in [-0.25, -0.2) is 0 Å². The molecule has 6 N–H and O–H groups in total. The number of amides is 1. The van der Waals surface area contributed by atoms with Crippen molar-refractivity contribution < 1.29 is 39.5 Å². The predicted octanol–water partition coefficient (Wildman–Crippen LogP) is 1.14. The summed E-state index contributed by atoms with van der Waals surface area (Å²) in [6.45, 7) is 2.07. The Labute approximate surface area is 220 Å². The van der Waals surface area contributed by atoms with Crippen LogP contribution in [-0.4, -0.2) is 80.7 Å². The first-order chi connectivity index (χ1) is 18.0. The van der Waals surface area contributed by atoms with Crippen molar-refractivity contribution >= 4 is 23.2 Å². The standard InChI is InChI=1S/C28H34N2O8/c1-4-5-6-8-12-11-14-13-9-7-10-15(31)16(13)22(32)18-17(14)24(38-12)20-21(30(2)3)23(33)19(27(29)36)26(35)28(20,37)25(18)34/h7,9-11,14,17,19-21,23-24,31-33,37H,4-6,8H2,1-3H3,(H2,29,36)/t14-,17+,19?,20+,21-,23?,24-,28-/m0/s1. The van der Waals surface area contributed by atoms with Crippen LogP contribution < -0.4 is 5.73 Å². The van der Waals surface area contributed by atoms with Gasteiger partial charge >= 0.3 is 0 Å². The van der Waals surface area contributed by atoms with Crippen molar-refractivity contribution in [3.05, 3.63) is 46.7 Å². The molecule has 8 atom stereocenters. The lowest BCUT2D eigenvalue weighted by Gasteiger charge is -2.58. The molecule has 0 bridgehead atoms. The third kappa shape index (κ3) is 3.47. The second kappa shape index (κ2) is 9.21. The number of aliphatic hydroxyl groups excluding tert-OH is 2. The average Bonchev–Trinajstić information content (AvgIpc) is 2.85. The summed E-state index contributed by atoms with van der Waals surface area (Å²) < 4.78 is 6.46. The second-order valence-corrected chi connectivity index (χ2v) is 11.0. The number of nitrogens with two attached hydrogens (primary N) is 1. The van der Waals surface area contributed by atoms with Gasteiger partial charge in [0.1, 0.15) is 23.5 Å². The van der Waals surface area contributed by atoms with Crippen LogP contribution in [0.3, 0.4) is 0 Å². The van der Waals surface area contributed by atoms with Crippen molar-refractivity contribution in [3.8, 4) is 5.75 Å². The summed E-state index contributed by atoms with van der Waals surface area (Å²) in [7, 11) is 3.23. The molecule has 0 spiro atoms. The summed E-state index contributed by atoms with van der Waals surface area (Å²) in [5.41, 5.74) is 3.10. The molecule has 1 aliphatic heterocycles.